The van der Waals surface area contributed by atoms with E-state index in [0.29, 0.717) is 4.32 Å². The minimum absolute atomic E-state index is 0.687. The van der Waals surface area contributed by atoms with Gasteiger partial charge in [0.2, 0.25) is 0 Å². The summed E-state index contributed by atoms with van der Waals surface area (Å²) in [5.74, 6) is 0.862. The molecular formula is C13H12N2S3. The molecule has 0 atom stereocenters. The molecule has 0 aliphatic rings. The summed E-state index contributed by atoms with van der Waals surface area (Å²) in [6, 6.07) is 14.2. The van der Waals surface area contributed by atoms with E-state index in [-0.39, 0.29) is 0 Å². The lowest BCUT2D eigenvalue weighted by molar-refractivity contribution is 1.07. The molecule has 0 amide bonds. The number of hydrogen-bond donors (Lipinski definition) is 1. The van der Waals surface area contributed by atoms with Gasteiger partial charge in [-0.15, -0.1) is 11.3 Å². The third kappa shape index (κ3) is 4.60. The SMILES string of the molecule is S=C(N/N=C/c1cccs1)SCc1ccccc1. The normalized spacial score (nSPS) is 10.7. The molecule has 5 heteroatoms. The molecule has 0 spiro atoms. The minimum atomic E-state index is 0.687. The Kier molecular flexibility index (Phi) is 5.38. The summed E-state index contributed by atoms with van der Waals surface area (Å²) >= 11 is 8.41. The van der Waals surface area contributed by atoms with Crippen LogP contribution in [-0.4, -0.2) is 10.5 Å². The van der Waals surface area contributed by atoms with Gasteiger partial charge in [0.1, 0.15) is 0 Å². The van der Waals surface area contributed by atoms with E-state index in [4.69, 9.17) is 12.2 Å². The van der Waals surface area contributed by atoms with Crippen LogP contribution in [0, 0.1) is 0 Å². The van der Waals surface area contributed by atoms with Crippen molar-refractivity contribution in [1.29, 1.82) is 0 Å². The Morgan fingerprint density at radius 2 is 2.11 bits per heavy atom. The highest BCUT2D eigenvalue weighted by Gasteiger charge is 1.97. The van der Waals surface area contributed by atoms with E-state index < -0.39 is 0 Å². The smallest absolute Gasteiger partial charge is 0.154 e. The molecule has 0 unspecified atom stereocenters. The molecule has 0 aliphatic heterocycles. The molecule has 0 bridgehead atoms. The lowest BCUT2D eigenvalue weighted by Gasteiger charge is -2.02. The summed E-state index contributed by atoms with van der Waals surface area (Å²) < 4.78 is 0.687. The standard InChI is InChI=1S/C13H12N2S3/c16-13(15-14-9-12-7-4-8-17-12)18-10-11-5-2-1-3-6-11/h1-9H,10H2,(H,15,16)/b14-9+. The van der Waals surface area contributed by atoms with Crippen molar-refractivity contribution in [3.63, 3.8) is 0 Å². The molecule has 18 heavy (non-hydrogen) atoms. The third-order valence-electron chi connectivity index (χ3n) is 2.10. The summed E-state index contributed by atoms with van der Waals surface area (Å²) in [4.78, 5) is 1.11. The Hall–Kier alpha value is -1.17. The molecule has 0 fully saturated rings. The van der Waals surface area contributed by atoms with Gasteiger partial charge in [0.05, 0.1) is 6.21 Å². The van der Waals surface area contributed by atoms with Crippen molar-refractivity contribution in [2.45, 2.75) is 5.75 Å². The molecule has 2 aromatic rings. The Balaban J connectivity index is 1.73. The molecule has 0 radical (unpaired) electrons. The Bertz CT molecular complexity index is 506. The first kappa shape index (κ1) is 13.3. The van der Waals surface area contributed by atoms with Gasteiger partial charge >= 0.3 is 0 Å². The Morgan fingerprint density at radius 3 is 2.83 bits per heavy atom. The number of nitrogens with zero attached hydrogens (tertiary/aromatic N) is 1. The fourth-order valence-corrected chi connectivity index (χ4v) is 2.69. The van der Waals surface area contributed by atoms with Crippen LogP contribution in [0.4, 0.5) is 0 Å². The number of thioether (sulfide) groups is 1. The van der Waals surface area contributed by atoms with Crippen LogP contribution in [0.2, 0.25) is 0 Å². The number of rotatable bonds is 4. The van der Waals surface area contributed by atoms with Gasteiger partial charge in [-0.1, -0.05) is 60.4 Å². The summed E-state index contributed by atoms with van der Waals surface area (Å²) in [7, 11) is 0. The van der Waals surface area contributed by atoms with Crippen molar-refractivity contribution in [2.75, 3.05) is 0 Å². The van der Waals surface area contributed by atoms with Crippen molar-refractivity contribution in [3.8, 4) is 0 Å². The van der Waals surface area contributed by atoms with Gasteiger partial charge in [0, 0.05) is 10.6 Å². The minimum Gasteiger partial charge on any atom is -0.262 e. The highest BCUT2D eigenvalue weighted by molar-refractivity contribution is 8.22. The lowest BCUT2D eigenvalue weighted by atomic mass is 10.2. The van der Waals surface area contributed by atoms with Crippen molar-refractivity contribution in [1.82, 2.24) is 5.43 Å². The zero-order chi connectivity index (χ0) is 12.6. The molecule has 1 heterocycles. The monoisotopic (exact) mass is 292 g/mol. The molecule has 0 aliphatic carbocycles. The van der Waals surface area contributed by atoms with Gasteiger partial charge in [-0.3, -0.25) is 5.43 Å². The fourth-order valence-electron chi connectivity index (χ4n) is 1.27. The molecule has 2 rings (SSSR count). The molecule has 2 nitrogen and oxygen atoms in total. The predicted molar refractivity (Wildman–Crippen MR) is 85.4 cm³/mol. The lowest BCUT2D eigenvalue weighted by Crippen LogP contribution is -2.11. The highest BCUT2D eigenvalue weighted by Crippen LogP contribution is 2.12. The first-order valence-electron chi connectivity index (χ1n) is 5.38. The quantitative estimate of drug-likeness (QED) is 0.525. The van der Waals surface area contributed by atoms with Crippen LogP contribution in [0.15, 0.2) is 52.9 Å². The maximum absolute atomic E-state index is 5.19. The molecule has 1 N–H and O–H groups in total. The first-order valence-corrected chi connectivity index (χ1v) is 7.65. The number of hydrogen-bond acceptors (Lipinski definition) is 4. The van der Waals surface area contributed by atoms with Gasteiger partial charge in [0.25, 0.3) is 0 Å². The summed E-state index contributed by atoms with van der Waals surface area (Å²) in [5, 5.41) is 6.12. The number of benzene rings is 1. The zero-order valence-corrected chi connectivity index (χ0v) is 12.0. The van der Waals surface area contributed by atoms with Gasteiger partial charge in [-0.2, -0.15) is 5.10 Å². The van der Waals surface area contributed by atoms with Gasteiger partial charge < -0.3 is 0 Å². The van der Waals surface area contributed by atoms with Crippen LogP contribution >= 0.6 is 35.3 Å². The maximum Gasteiger partial charge on any atom is 0.154 e. The fraction of sp³-hybridized carbons (Fsp3) is 0.0769. The number of nitrogens with one attached hydrogen (secondary N) is 1. The second kappa shape index (κ2) is 7.31. The Labute approximate surface area is 120 Å². The average molecular weight is 292 g/mol. The van der Waals surface area contributed by atoms with Crippen molar-refractivity contribution in [3.05, 3.63) is 58.3 Å². The third-order valence-corrected chi connectivity index (χ3v) is 4.19. The van der Waals surface area contributed by atoms with E-state index in [1.54, 1.807) is 29.3 Å². The molecule has 1 aromatic heterocycles. The average Bonchev–Trinajstić information content (AvgIpc) is 2.91. The van der Waals surface area contributed by atoms with Crippen molar-refractivity contribution >= 4 is 45.9 Å². The van der Waals surface area contributed by atoms with E-state index >= 15 is 0 Å². The summed E-state index contributed by atoms with van der Waals surface area (Å²) in [5.41, 5.74) is 4.12. The maximum atomic E-state index is 5.19. The summed E-state index contributed by atoms with van der Waals surface area (Å²) in [6.07, 6.45) is 1.78. The van der Waals surface area contributed by atoms with E-state index in [0.717, 1.165) is 10.6 Å². The Morgan fingerprint density at radius 1 is 1.28 bits per heavy atom. The van der Waals surface area contributed by atoms with E-state index in [1.807, 2.05) is 35.7 Å². The van der Waals surface area contributed by atoms with Crippen LogP contribution < -0.4 is 5.43 Å². The second-order valence-electron chi connectivity index (χ2n) is 3.45. The topological polar surface area (TPSA) is 24.4 Å². The van der Waals surface area contributed by atoms with Crippen LogP contribution in [0.5, 0.6) is 0 Å². The number of thiocarbonyl (C=S) groups is 1. The van der Waals surface area contributed by atoms with Gasteiger partial charge in [-0.05, 0) is 17.0 Å². The molecular weight excluding hydrogens is 280 g/mol. The van der Waals surface area contributed by atoms with E-state index in [9.17, 15) is 0 Å². The van der Waals surface area contributed by atoms with E-state index in [1.165, 1.54) is 5.56 Å². The zero-order valence-electron chi connectivity index (χ0n) is 9.58. The summed E-state index contributed by atoms with van der Waals surface area (Å²) in [6.45, 7) is 0. The van der Waals surface area contributed by atoms with Gasteiger partial charge in [-0.25, -0.2) is 0 Å². The number of hydrazone groups is 1. The number of thiophene rings is 1. The first-order chi connectivity index (χ1) is 8.84. The van der Waals surface area contributed by atoms with E-state index in [2.05, 4.69) is 22.7 Å². The molecule has 0 saturated heterocycles. The van der Waals surface area contributed by atoms with Gasteiger partial charge in [0.15, 0.2) is 4.32 Å². The van der Waals surface area contributed by atoms with Crippen LogP contribution in [0.1, 0.15) is 10.4 Å². The molecule has 92 valence electrons. The van der Waals surface area contributed by atoms with Crippen LogP contribution in [0.25, 0.3) is 0 Å². The largest absolute Gasteiger partial charge is 0.262 e. The van der Waals surface area contributed by atoms with Crippen LogP contribution in [-0.2, 0) is 5.75 Å². The van der Waals surface area contributed by atoms with Crippen molar-refractivity contribution < 1.29 is 0 Å². The highest BCUT2D eigenvalue weighted by atomic mass is 32.2. The van der Waals surface area contributed by atoms with Crippen molar-refractivity contribution in [2.24, 2.45) is 5.10 Å². The van der Waals surface area contributed by atoms with Crippen LogP contribution in [0.3, 0.4) is 0 Å². The molecule has 1 aromatic carbocycles. The molecule has 0 saturated carbocycles. The second-order valence-corrected chi connectivity index (χ2v) is 6.08. The predicted octanol–water partition coefficient (Wildman–Crippen LogP) is 3.89.